The van der Waals surface area contributed by atoms with Gasteiger partial charge in [-0.05, 0) is 17.6 Å². The van der Waals surface area contributed by atoms with Crippen molar-refractivity contribution in [1.29, 1.82) is 0 Å². The lowest BCUT2D eigenvalue weighted by Crippen LogP contribution is -2.55. The zero-order valence-electron chi connectivity index (χ0n) is 14.9. The maximum atomic E-state index is 11.4. The first kappa shape index (κ1) is 17.1. The highest BCUT2D eigenvalue weighted by Crippen LogP contribution is 2.50. The van der Waals surface area contributed by atoms with Gasteiger partial charge in [-0.15, -0.1) is 0 Å². The Balaban J connectivity index is 1.82. The van der Waals surface area contributed by atoms with Gasteiger partial charge >= 0.3 is 7.12 Å². The first-order chi connectivity index (χ1) is 12.7. The lowest BCUT2D eigenvalue weighted by Gasteiger charge is -2.48. The highest BCUT2D eigenvalue weighted by molar-refractivity contribution is 6.61. The summed E-state index contributed by atoms with van der Waals surface area (Å²) in [6, 6.07) is 13.6. The minimum atomic E-state index is -0.599. The van der Waals surface area contributed by atoms with Gasteiger partial charge in [0.25, 0.3) is 0 Å². The standard InChI is InChI=1S/C20H21BO5/c1-23-16-8-9-17(24-2)19-15(16)12-20(10-11-22)13-18(19)25-21(26-20)14-6-4-3-5-7-14/h3-9,11,18H,10,12-13H2,1-2H3/t18-,20-/m0/s1. The predicted octanol–water partition coefficient (Wildman–Crippen LogP) is 2.46. The van der Waals surface area contributed by atoms with Crippen molar-refractivity contribution in [2.75, 3.05) is 14.2 Å². The summed E-state index contributed by atoms with van der Waals surface area (Å²) in [5.41, 5.74) is 2.34. The first-order valence-electron chi connectivity index (χ1n) is 8.75. The molecule has 134 valence electrons. The molecule has 0 radical (unpaired) electrons. The molecule has 1 saturated heterocycles. The summed E-state index contributed by atoms with van der Waals surface area (Å²) in [7, 11) is 2.79. The summed E-state index contributed by atoms with van der Waals surface area (Å²) in [5, 5.41) is 0. The lowest BCUT2D eigenvalue weighted by molar-refractivity contribution is -0.117. The van der Waals surface area contributed by atoms with Crippen LogP contribution in [0, 0.1) is 0 Å². The van der Waals surface area contributed by atoms with E-state index in [1.807, 2.05) is 42.5 Å². The molecule has 1 aliphatic carbocycles. The minimum absolute atomic E-state index is 0.220. The third kappa shape index (κ3) is 2.79. The fraction of sp³-hybridized carbons (Fsp3) is 0.350. The van der Waals surface area contributed by atoms with Crippen LogP contribution in [-0.4, -0.2) is 33.2 Å². The molecule has 2 bridgehead atoms. The number of hydrogen-bond donors (Lipinski definition) is 0. The van der Waals surface area contributed by atoms with E-state index in [2.05, 4.69) is 0 Å². The van der Waals surface area contributed by atoms with E-state index in [1.165, 1.54) is 0 Å². The average Bonchev–Trinajstić information content (AvgIpc) is 2.67. The van der Waals surface area contributed by atoms with Crippen molar-refractivity contribution in [3.8, 4) is 11.5 Å². The Morgan fingerprint density at radius 3 is 2.58 bits per heavy atom. The van der Waals surface area contributed by atoms with Crippen molar-refractivity contribution < 1.29 is 23.6 Å². The summed E-state index contributed by atoms with van der Waals surface area (Å²) < 4.78 is 23.8. The van der Waals surface area contributed by atoms with Gasteiger partial charge in [0, 0.05) is 30.4 Å². The van der Waals surface area contributed by atoms with E-state index in [4.69, 9.17) is 18.8 Å². The van der Waals surface area contributed by atoms with E-state index >= 15 is 0 Å². The molecule has 2 aromatic rings. The zero-order valence-corrected chi connectivity index (χ0v) is 14.9. The van der Waals surface area contributed by atoms with Crippen LogP contribution in [0.1, 0.15) is 30.1 Å². The molecule has 26 heavy (non-hydrogen) atoms. The monoisotopic (exact) mass is 352 g/mol. The van der Waals surface area contributed by atoms with E-state index in [0.717, 1.165) is 34.4 Å². The summed E-state index contributed by atoms with van der Waals surface area (Å²) in [6.45, 7) is 0. The number of methoxy groups -OCH3 is 2. The molecule has 1 fully saturated rings. The van der Waals surface area contributed by atoms with Crippen LogP contribution in [-0.2, 0) is 20.5 Å². The fourth-order valence-corrected chi connectivity index (χ4v) is 4.08. The molecule has 4 rings (SSSR count). The highest BCUT2D eigenvalue weighted by Gasteiger charge is 2.50. The van der Waals surface area contributed by atoms with Gasteiger partial charge in [-0.2, -0.15) is 0 Å². The van der Waals surface area contributed by atoms with E-state index in [0.29, 0.717) is 19.3 Å². The fourth-order valence-electron chi connectivity index (χ4n) is 4.08. The number of carbonyl (C=O) groups excluding carboxylic acids is 1. The molecule has 0 aromatic heterocycles. The average molecular weight is 352 g/mol. The Labute approximate surface area is 153 Å². The maximum Gasteiger partial charge on any atom is 0.494 e. The predicted molar refractivity (Wildman–Crippen MR) is 98.0 cm³/mol. The van der Waals surface area contributed by atoms with Crippen LogP contribution in [0.5, 0.6) is 11.5 Å². The molecule has 5 nitrogen and oxygen atoms in total. The SMILES string of the molecule is COc1ccc(OC)c2c1C[C@@]1(CC=O)C[C@@H]2OB(c2ccccc2)O1. The van der Waals surface area contributed by atoms with Crippen molar-refractivity contribution in [3.05, 3.63) is 53.6 Å². The number of hydrogen-bond acceptors (Lipinski definition) is 5. The number of benzene rings is 2. The van der Waals surface area contributed by atoms with Gasteiger partial charge < -0.3 is 23.6 Å². The van der Waals surface area contributed by atoms with Gasteiger partial charge in [-0.1, -0.05) is 30.3 Å². The molecule has 0 saturated carbocycles. The van der Waals surface area contributed by atoms with E-state index in [9.17, 15) is 4.79 Å². The highest BCUT2D eigenvalue weighted by atomic mass is 16.6. The van der Waals surface area contributed by atoms with Gasteiger partial charge in [-0.25, -0.2) is 0 Å². The molecule has 6 heteroatoms. The number of fused-ring (bicyclic) bond motifs is 4. The second-order valence-electron chi connectivity index (χ2n) is 6.78. The van der Waals surface area contributed by atoms with E-state index in [1.54, 1.807) is 14.2 Å². The van der Waals surface area contributed by atoms with Gasteiger partial charge in [0.1, 0.15) is 17.8 Å². The molecule has 2 aliphatic rings. The molecule has 0 amide bonds. The minimum Gasteiger partial charge on any atom is -0.496 e. The largest absolute Gasteiger partial charge is 0.496 e. The van der Waals surface area contributed by atoms with E-state index in [-0.39, 0.29) is 6.10 Å². The van der Waals surface area contributed by atoms with Crippen molar-refractivity contribution in [2.45, 2.75) is 31.0 Å². The van der Waals surface area contributed by atoms with Crippen LogP contribution in [0.15, 0.2) is 42.5 Å². The van der Waals surface area contributed by atoms with Crippen LogP contribution < -0.4 is 14.9 Å². The third-order valence-corrected chi connectivity index (χ3v) is 5.26. The molecule has 0 N–H and O–H groups in total. The second-order valence-corrected chi connectivity index (χ2v) is 6.78. The van der Waals surface area contributed by atoms with Crippen LogP contribution in [0.25, 0.3) is 0 Å². The van der Waals surface area contributed by atoms with E-state index < -0.39 is 12.7 Å². The molecule has 2 aromatic carbocycles. The van der Waals surface area contributed by atoms with Crippen LogP contribution >= 0.6 is 0 Å². The first-order valence-corrected chi connectivity index (χ1v) is 8.75. The molecule has 0 unspecified atom stereocenters. The lowest BCUT2D eigenvalue weighted by atomic mass is 9.68. The topological polar surface area (TPSA) is 54.0 Å². The number of carbonyl (C=O) groups is 1. The molecular formula is C20H21BO5. The zero-order chi connectivity index (χ0) is 18.1. The molecular weight excluding hydrogens is 331 g/mol. The van der Waals surface area contributed by atoms with Gasteiger partial charge in [0.05, 0.1) is 25.9 Å². The number of aldehydes is 1. The third-order valence-electron chi connectivity index (χ3n) is 5.26. The molecule has 1 heterocycles. The van der Waals surface area contributed by atoms with Crippen molar-refractivity contribution in [2.24, 2.45) is 0 Å². The number of ether oxygens (including phenoxy) is 2. The summed E-state index contributed by atoms with van der Waals surface area (Å²) in [4.78, 5) is 11.4. The molecule has 1 aliphatic heterocycles. The Morgan fingerprint density at radius 1 is 1.15 bits per heavy atom. The number of rotatable bonds is 5. The summed E-state index contributed by atoms with van der Waals surface area (Å²) in [6.07, 6.45) is 2.23. The van der Waals surface area contributed by atoms with Crippen LogP contribution in [0.4, 0.5) is 0 Å². The second kappa shape index (κ2) is 6.78. The quantitative estimate of drug-likeness (QED) is 0.611. The van der Waals surface area contributed by atoms with Gasteiger partial charge in [0.2, 0.25) is 0 Å². The van der Waals surface area contributed by atoms with Crippen molar-refractivity contribution >= 4 is 18.9 Å². The maximum absolute atomic E-state index is 11.4. The summed E-state index contributed by atoms with van der Waals surface area (Å²) >= 11 is 0. The van der Waals surface area contributed by atoms with Crippen molar-refractivity contribution in [3.63, 3.8) is 0 Å². The smallest absolute Gasteiger partial charge is 0.494 e. The Morgan fingerprint density at radius 2 is 1.88 bits per heavy atom. The van der Waals surface area contributed by atoms with Crippen LogP contribution in [0.2, 0.25) is 0 Å². The Hall–Kier alpha value is -2.31. The summed E-state index contributed by atoms with van der Waals surface area (Å²) in [5.74, 6) is 1.55. The molecule has 2 atom stereocenters. The Kier molecular flexibility index (Phi) is 4.47. The van der Waals surface area contributed by atoms with Gasteiger partial charge in [0.15, 0.2) is 0 Å². The molecule has 0 spiro atoms. The normalized spacial score (nSPS) is 23.9. The van der Waals surface area contributed by atoms with Crippen molar-refractivity contribution in [1.82, 2.24) is 0 Å². The van der Waals surface area contributed by atoms with Gasteiger partial charge in [-0.3, -0.25) is 0 Å². The Bertz CT molecular complexity index is 809. The van der Waals surface area contributed by atoms with Crippen LogP contribution in [0.3, 0.4) is 0 Å².